The van der Waals surface area contributed by atoms with Gasteiger partial charge in [0.25, 0.3) is 0 Å². The van der Waals surface area contributed by atoms with E-state index in [9.17, 15) is 4.39 Å². The summed E-state index contributed by atoms with van der Waals surface area (Å²) in [5.41, 5.74) is 2.15. The largest absolute Gasteiger partial charge is 0.339 e. The van der Waals surface area contributed by atoms with E-state index < -0.39 is 0 Å². The van der Waals surface area contributed by atoms with E-state index in [1.54, 1.807) is 18.2 Å². The van der Waals surface area contributed by atoms with Crippen LogP contribution in [-0.2, 0) is 0 Å². The minimum absolute atomic E-state index is 0.313. The molecule has 126 valence electrons. The zero-order valence-electron chi connectivity index (χ0n) is 13.4. The lowest BCUT2D eigenvalue weighted by molar-refractivity contribution is 0.630. The molecule has 0 spiro atoms. The molecule has 1 fully saturated rings. The average molecular weight is 355 g/mol. The first-order chi connectivity index (χ1) is 12.2. The van der Waals surface area contributed by atoms with Crippen molar-refractivity contribution in [1.82, 2.24) is 15.2 Å². The normalized spacial score (nSPS) is 17.0. The fraction of sp³-hybridized carbons (Fsp3) is 0.211. The Morgan fingerprint density at radius 1 is 1.12 bits per heavy atom. The second kappa shape index (κ2) is 6.76. The second-order valence-corrected chi connectivity index (χ2v) is 6.54. The maximum absolute atomic E-state index is 14.0. The Morgan fingerprint density at radius 3 is 2.84 bits per heavy atom. The molecule has 6 heteroatoms. The summed E-state index contributed by atoms with van der Waals surface area (Å²) in [5, 5.41) is 8.90. The van der Waals surface area contributed by atoms with Gasteiger partial charge >= 0.3 is 0 Å². The van der Waals surface area contributed by atoms with Crippen LogP contribution in [0.3, 0.4) is 0 Å². The summed E-state index contributed by atoms with van der Waals surface area (Å²) in [6.45, 7) is 1.63. The molecule has 3 aromatic rings. The molecule has 0 saturated carbocycles. The Labute approximate surface area is 150 Å². The minimum Gasteiger partial charge on any atom is -0.339 e. The first-order valence-electron chi connectivity index (χ1n) is 8.16. The number of anilines is 1. The van der Waals surface area contributed by atoms with Crippen LogP contribution in [-0.4, -0.2) is 28.3 Å². The highest BCUT2D eigenvalue weighted by atomic mass is 35.5. The molecule has 0 amide bonds. The number of hydrogen-bond donors (Lipinski definition) is 0. The van der Waals surface area contributed by atoms with E-state index in [1.165, 1.54) is 17.8 Å². The van der Waals surface area contributed by atoms with Crippen LogP contribution in [0.15, 0.2) is 54.7 Å². The molecule has 1 aliphatic heterocycles. The van der Waals surface area contributed by atoms with E-state index in [0.29, 0.717) is 23.1 Å². The van der Waals surface area contributed by atoms with Crippen molar-refractivity contribution < 1.29 is 4.39 Å². The molecule has 4 nitrogen and oxygen atoms in total. The Kier molecular flexibility index (Phi) is 4.32. The molecule has 1 saturated heterocycles. The predicted molar refractivity (Wildman–Crippen MR) is 96.2 cm³/mol. The molecule has 25 heavy (non-hydrogen) atoms. The van der Waals surface area contributed by atoms with Gasteiger partial charge in [-0.1, -0.05) is 35.9 Å². The van der Waals surface area contributed by atoms with Crippen molar-refractivity contribution in [2.45, 2.75) is 12.3 Å². The summed E-state index contributed by atoms with van der Waals surface area (Å²) < 4.78 is 14.0. The van der Waals surface area contributed by atoms with Crippen molar-refractivity contribution in [2.75, 3.05) is 18.0 Å². The maximum atomic E-state index is 14.0. The third kappa shape index (κ3) is 3.33. The van der Waals surface area contributed by atoms with Gasteiger partial charge in [0.05, 0.1) is 11.9 Å². The molecule has 1 aliphatic rings. The van der Waals surface area contributed by atoms with Crippen LogP contribution in [0.5, 0.6) is 0 Å². The first kappa shape index (κ1) is 16.0. The molecule has 1 unspecified atom stereocenters. The van der Waals surface area contributed by atoms with Gasteiger partial charge in [-0.2, -0.15) is 5.10 Å². The zero-order chi connectivity index (χ0) is 17.2. The quantitative estimate of drug-likeness (QED) is 0.702. The second-order valence-electron chi connectivity index (χ2n) is 6.11. The van der Waals surface area contributed by atoms with Crippen molar-refractivity contribution in [3.8, 4) is 11.3 Å². The van der Waals surface area contributed by atoms with E-state index in [4.69, 9.17) is 11.6 Å². The number of hydrogen-bond acceptors (Lipinski definition) is 4. The molecule has 1 atom stereocenters. The van der Waals surface area contributed by atoms with Crippen molar-refractivity contribution >= 4 is 17.5 Å². The van der Waals surface area contributed by atoms with Gasteiger partial charge in [0.15, 0.2) is 0 Å². The highest BCUT2D eigenvalue weighted by Crippen LogP contribution is 2.31. The van der Waals surface area contributed by atoms with Gasteiger partial charge in [0.2, 0.25) is 5.95 Å². The van der Waals surface area contributed by atoms with Gasteiger partial charge in [-0.15, -0.1) is 5.10 Å². The van der Waals surface area contributed by atoms with Gasteiger partial charge in [-0.25, -0.2) is 9.37 Å². The number of rotatable bonds is 3. The van der Waals surface area contributed by atoms with Gasteiger partial charge < -0.3 is 4.90 Å². The molecule has 1 aromatic heterocycles. The van der Waals surface area contributed by atoms with Gasteiger partial charge in [0.1, 0.15) is 5.82 Å². The van der Waals surface area contributed by atoms with Crippen molar-refractivity contribution in [2.24, 2.45) is 0 Å². The molecule has 0 bridgehead atoms. The number of halogens is 2. The van der Waals surface area contributed by atoms with E-state index in [0.717, 1.165) is 24.5 Å². The number of benzene rings is 2. The predicted octanol–water partition coefficient (Wildman–Crippen LogP) is 4.33. The van der Waals surface area contributed by atoms with E-state index in [2.05, 4.69) is 26.1 Å². The SMILES string of the molecule is Fc1ccccc1-c1cnnc(N2CCC(c3cccc(Cl)c3)C2)n1. The van der Waals surface area contributed by atoms with Gasteiger partial charge in [-0.05, 0) is 36.2 Å². The maximum Gasteiger partial charge on any atom is 0.245 e. The van der Waals surface area contributed by atoms with Crippen molar-refractivity contribution in [1.29, 1.82) is 0 Å². The highest BCUT2D eigenvalue weighted by molar-refractivity contribution is 6.30. The van der Waals surface area contributed by atoms with E-state index in [1.807, 2.05) is 18.2 Å². The van der Waals surface area contributed by atoms with Crippen molar-refractivity contribution in [3.05, 3.63) is 71.1 Å². The van der Waals surface area contributed by atoms with Crippen molar-refractivity contribution in [3.63, 3.8) is 0 Å². The molecule has 0 aliphatic carbocycles. The van der Waals surface area contributed by atoms with Crippen LogP contribution in [0.25, 0.3) is 11.3 Å². The summed E-state index contributed by atoms with van der Waals surface area (Å²) in [4.78, 5) is 6.60. The standard InChI is InChI=1S/C19H16ClFN4/c20-15-5-3-4-13(10-15)14-8-9-25(12-14)19-23-18(11-22-24-19)16-6-1-2-7-17(16)21/h1-7,10-11,14H,8-9,12H2. The van der Waals surface area contributed by atoms with Gasteiger partial charge in [0, 0.05) is 29.6 Å². The van der Waals surface area contributed by atoms with Crippen LogP contribution in [0.2, 0.25) is 5.02 Å². The number of aromatic nitrogens is 3. The highest BCUT2D eigenvalue weighted by Gasteiger charge is 2.26. The molecular weight excluding hydrogens is 339 g/mol. The molecule has 2 aromatic carbocycles. The van der Waals surface area contributed by atoms with Crippen LogP contribution < -0.4 is 4.90 Å². The topological polar surface area (TPSA) is 41.9 Å². The molecule has 4 rings (SSSR count). The summed E-state index contributed by atoms with van der Waals surface area (Å²) in [5.74, 6) is 0.594. The third-order valence-electron chi connectivity index (χ3n) is 4.49. The average Bonchev–Trinajstić information content (AvgIpc) is 3.12. The van der Waals surface area contributed by atoms with E-state index in [-0.39, 0.29) is 5.82 Å². The first-order valence-corrected chi connectivity index (χ1v) is 8.53. The fourth-order valence-electron chi connectivity index (χ4n) is 3.20. The number of nitrogens with zero attached hydrogens (tertiary/aromatic N) is 4. The minimum atomic E-state index is -0.313. The van der Waals surface area contributed by atoms with Gasteiger partial charge in [-0.3, -0.25) is 0 Å². The zero-order valence-corrected chi connectivity index (χ0v) is 14.2. The van der Waals surface area contributed by atoms with Crippen LogP contribution >= 0.6 is 11.6 Å². The molecule has 2 heterocycles. The molecule has 0 N–H and O–H groups in total. The lowest BCUT2D eigenvalue weighted by atomic mass is 9.99. The monoisotopic (exact) mass is 354 g/mol. The Morgan fingerprint density at radius 2 is 2.00 bits per heavy atom. The third-order valence-corrected chi connectivity index (χ3v) is 4.72. The van der Waals surface area contributed by atoms with Crippen LogP contribution in [0, 0.1) is 5.82 Å². The fourth-order valence-corrected chi connectivity index (χ4v) is 3.40. The molecule has 0 radical (unpaired) electrons. The summed E-state index contributed by atoms with van der Waals surface area (Å²) in [6.07, 6.45) is 2.49. The Hall–Kier alpha value is -2.53. The smallest absolute Gasteiger partial charge is 0.245 e. The Balaban J connectivity index is 1.57. The molecular formula is C19H16ClFN4. The Bertz CT molecular complexity index is 902. The summed E-state index contributed by atoms with van der Waals surface area (Å²) in [6, 6.07) is 14.5. The lowest BCUT2D eigenvalue weighted by Gasteiger charge is -2.16. The lowest BCUT2D eigenvalue weighted by Crippen LogP contribution is -2.22. The van der Waals surface area contributed by atoms with E-state index >= 15 is 0 Å². The van der Waals surface area contributed by atoms with Crippen LogP contribution in [0.4, 0.5) is 10.3 Å². The summed E-state index contributed by atoms with van der Waals surface area (Å²) >= 11 is 6.10. The van der Waals surface area contributed by atoms with Crippen LogP contribution in [0.1, 0.15) is 17.9 Å². The summed E-state index contributed by atoms with van der Waals surface area (Å²) in [7, 11) is 0.